The number of carbonyl (C=O) groups is 1. The standard InChI is InChI=1S/C23H15N3O3/c27-21-16-8-1-4-11-20(16)29-13-17(21)23(28)24-15-7-5-6-14(12-15)22-25-18-9-2-3-10-19(18)26-22/h1-13H,(H,24,28)(H,25,26). The summed E-state index contributed by atoms with van der Waals surface area (Å²) >= 11 is 0. The molecule has 0 spiro atoms. The normalized spacial score (nSPS) is 11.0. The van der Waals surface area contributed by atoms with Crippen LogP contribution in [-0.4, -0.2) is 15.9 Å². The highest BCUT2D eigenvalue weighted by Crippen LogP contribution is 2.23. The van der Waals surface area contributed by atoms with Gasteiger partial charge in [0, 0.05) is 11.3 Å². The van der Waals surface area contributed by atoms with E-state index >= 15 is 0 Å². The van der Waals surface area contributed by atoms with Crippen LogP contribution in [0, 0.1) is 0 Å². The van der Waals surface area contributed by atoms with Gasteiger partial charge in [-0.3, -0.25) is 9.59 Å². The number of carbonyl (C=O) groups excluding carboxylic acids is 1. The zero-order chi connectivity index (χ0) is 19.8. The Hall–Kier alpha value is -4.19. The summed E-state index contributed by atoms with van der Waals surface area (Å²) in [5.41, 5.74) is 3.22. The van der Waals surface area contributed by atoms with E-state index in [4.69, 9.17) is 4.42 Å². The largest absolute Gasteiger partial charge is 0.463 e. The number of anilines is 1. The fraction of sp³-hybridized carbons (Fsp3) is 0. The van der Waals surface area contributed by atoms with Gasteiger partial charge in [-0.25, -0.2) is 4.98 Å². The molecule has 140 valence electrons. The van der Waals surface area contributed by atoms with Gasteiger partial charge in [0.15, 0.2) is 0 Å². The van der Waals surface area contributed by atoms with Crippen LogP contribution in [0.15, 0.2) is 88.3 Å². The Morgan fingerprint density at radius 2 is 1.79 bits per heavy atom. The first-order chi connectivity index (χ1) is 14.2. The number of rotatable bonds is 3. The lowest BCUT2D eigenvalue weighted by atomic mass is 10.1. The Morgan fingerprint density at radius 3 is 2.69 bits per heavy atom. The fourth-order valence-corrected chi connectivity index (χ4v) is 3.27. The van der Waals surface area contributed by atoms with E-state index in [1.807, 2.05) is 36.4 Å². The molecule has 6 nitrogen and oxygen atoms in total. The number of para-hydroxylation sites is 3. The van der Waals surface area contributed by atoms with Crippen LogP contribution in [0.2, 0.25) is 0 Å². The minimum atomic E-state index is -0.522. The first-order valence-corrected chi connectivity index (χ1v) is 9.06. The number of aromatic nitrogens is 2. The summed E-state index contributed by atoms with van der Waals surface area (Å²) in [6.45, 7) is 0. The quantitative estimate of drug-likeness (QED) is 0.478. The van der Waals surface area contributed by atoms with Gasteiger partial charge in [0.25, 0.3) is 5.91 Å². The Balaban J connectivity index is 1.46. The van der Waals surface area contributed by atoms with Crippen LogP contribution in [0.1, 0.15) is 10.4 Å². The summed E-state index contributed by atoms with van der Waals surface area (Å²) in [5.74, 6) is 0.179. The van der Waals surface area contributed by atoms with Crippen LogP contribution < -0.4 is 10.7 Å². The topological polar surface area (TPSA) is 88.0 Å². The van der Waals surface area contributed by atoms with Crippen molar-refractivity contribution in [3.8, 4) is 11.4 Å². The second-order valence-electron chi connectivity index (χ2n) is 6.61. The molecule has 0 atom stereocenters. The maximum Gasteiger partial charge on any atom is 0.262 e. The molecule has 1 amide bonds. The van der Waals surface area contributed by atoms with Gasteiger partial charge in [-0.1, -0.05) is 36.4 Å². The van der Waals surface area contributed by atoms with Crippen LogP contribution in [0.3, 0.4) is 0 Å². The summed E-state index contributed by atoms with van der Waals surface area (Å²) in [4.78, 5) is 33.1. The number of aromatic amines is 1. The van der Waals surface area contributed by atoms with Gasteiger partial charge < -0.3 is 14.7 Å². The third kappa shape index (κ3) is 3.06. The summed E-state index contributed by atoms with van der Waals surface area (Å²) in [6.07, 6.45) is 1.20. The molecule has 2 heterocycles. The number of H-pyrrole nitrogens is 1. The average molecular weight is 381 g/mol. The molecule has 3 aromatic carbocycles. The molecular formula is C23H15N3O3. The summed E-state index contributed by atoms with van der Waals surface area (Å²) in [6, 6.07) is 21.9. The van der Waals surface area contributed by atoms with Gasteiger partial charge in [0.1, 0.15) is 23.2 Å². The summed E-state index contributed by atoms with van der Waals surface area (Å²) < 4.78 is 5.43. The average Bonchev–Trinajstić information content (AvgIpc) is 3.19. The number of nitrogens with one attached hydrogen (secondary N) is 2. The van der Waals surface area contributed by atoms with Crippen molar-refractivity contribution in [1.29, 1.82) is 0 Å². The van der Waals surface area contributed by atoms with Crippen LogP contribution >= 0.6 is 0 Å². The maximum absolute atomic E-state index is 12.7. The first-order valence-electron chi connectivity index (χ1n) is 9.06. The Labute approximate surface area is 164 Å². The Morgan fingerprint density at radius 1 is 0.966 bits per heavy atom. The molecule has 0 fully saturated rings. The fourth-order valence-electron chi connectivity index (χ4n) is 3.27. The third-order valence-electron chi connectivity index (χ3n) is 4.71. The van der Waals surface area contributed by atoms with Gasteiger partial charge in [0.05, 0.1) is 16.4 Å². The molecule has 0 unspecified atom stereocenters. The number of imidazole rings is 1. The van der Waals surface area contributed by atoms with E-state index in [0.29, 0.717) is 22.5 Å². The summed E-state index contributed by atoms with van der Waals surface area (Å²) in [5, 5.41) is 3.14. The second-order valence-corrected chi connectivity index (χ2v) is 6.61. The van der Waals surface area contributed by atoms with E-state index in [9.17, 15) is 9.59 Å². The lowest BCUT2D eigenvalue weighted by molar-refractivity contribution is 0.102. The number of nitrogens with zero attached hydrogens (tertiary/aromatic N) is 1. The molecule has 0 saturated heterocycles. The minimum Gasteiger partial charge on any atom is -0.463 e. The van der Waals surface area contributed by atoms with E-state index in [0.717, 1.165) is 16.6 Å². The molecule has 0 bridgehead atoms. The molecule has 6 heteroatoms. The van der Waals surface area contributed by atoms with Crippen LogP contribution in [-0.2, 0) is 0 Å². The molecule has 0 aliphatic heterocycles. The number of hydrogen-bond acceptors (Lipinski definition) is 4. The molecule has 0 radical (unpaired) electrons. The number of fused-ring (bicyclic) bond motifs is 2. The number of benzene rings is 3. The lowest BCUT2D eigenvalue weighted by Gasteiger charge is -2.07. The highest BCUT2D eigenvalue weighted by molar-refractivity contribution is 6.05. The van der Waals surface area contributed by atoms with Gasteiger partial charge in [-0.2, -0.15) is 0 Å². The summed E-state index contributed by atoms with van der Waals surface area (Å²) in [7, 11) is 0. The van der Waals surface area contributed by atoms with Crippen LogP contribution in [0.25, 0.3) is 33.4 Å². The van der Waals surface area contributed by atoms with Crippen LogP contribution in [0.4, 0.5) is 5.69 Å². The van der Waals surface area contributed by atoms with Gasteiger partial charge in [0.2, 0.25) is 5.43 Å². The molecule has 0 aliphatic rings. The van der Waals surface area contributed by atoms with Crippen molar-refractivity contribution in [2.45, 2.75) is 0 Å². The highest BCUT2D eigenvalue weighted by Gasteiger charge is 2.15. The molecular weight excluding hydrogens is 366 g/mol. The van der Waals surface area contributed by atoms with E-state index in [-0.39, 0.29) is 11.0 Å². The number of amides is 1. The monoisotopic (exact) mass is 381 g/mol. The molecule has 2 N–H and O–H groups in total. The van der Waals surface area contributed by atoms with E-state index in [2.05, 4.69) is 15.3 Å². The van der Waals surface area contributed by atoms with Crippen molar-refractivity contribution in [2.24, 2.45) is 0 Å². The van der Waals surface area contributed by atoms with Gasteiger partial charge >= 0.3 is 0 Å². The van der Waals surface area contributed by atoms with E-state index < -0.39 is 5.91 Å². The van der Waals surface area contributed by atoms with Crippen molar-refractivity contribution in [1.82, 2.24) is 9.97 Å². The SMILES string of the molecule is O=C(Nc1cccc(-c2nc3ccccc3[nH]2)c1)c1coc2ccccc2c1=O. The second kappa shape index (κ2) is 6.76. The van der Waals surface area contributed by atoms with Crippen molar-refractivity contribution >= 4 is 33.6 Å². The third-order valence-corrected chi connectivity index (χ3v) is 4.71. The van der Waals surface area contributed by atoms with Crippen molar-refractivity contribution < 1.29 is 9.21 Å². The maximum atomic E-state index is 12.7. The van der Waals surface area contributed by atoms with Crippen molar-refractivity contribution in [2.75, 3.05) is 5.32 Å². The Bertz CT molecular complexity index is 1400. The van der Waals surface area contributed by atoms with Gasteiger partial charge in [-0.15, -0.1) is 0 Å². The predicted octanol–water partition coefficient (Wildman–Crippen LogP) is 4.59. The first kappa shape index (κ1) is 16.9. The predicted molar refractivity (Wildman–Crippen MR) is 112 cm³/mol. The smallest absolute Gasteiger partial charge is 0.262 e. The Kier molecular flexibility index (Phi) is 3.95. The molecule has 0 aliphatic carbocycles. The highest BCUT2D eigenvalue weighted by atomic mass is 16.3. The van der Waals surface area contributed by atoms with E-state index in [1.165, 1.54) is 6.26 Å². The van der Waals surface area contributed by atoms with E-state index in [1.54, 1.807) is 36.4 Å². The number of hydrogen-bond donors (Lipinski definition) is 2. The van der Waals surface area contributed by atoms with Crippen LogP contribution in [0.5, 0.6) is 0 Å². The molecule has 0 saturated carbocycles. The molecule has 29 heavy (non-hydrogen) atoms. The van der Waals surface area contributed by atoms with Crippen molar-refractivity contribution in [3.63, 3.8) is 0 Å². The molecule has 5 aromatic rings. The van der Waals surface area contributed by atoms with Crippen molar-refractivity contribution in [3.05, 3.63) is 94.8 Å². The molecule has 2 aromatic heterocycles. The van der Waals surface area contributed by atoms with Gasteiger partial charge in [-0.05, 0) is 36.4 Å². The zero-order valence-corrected chi connectivity index (χ0v) is 15.2. The minimum absolute atomic E-state index is 0.0437. The molecule has 5 rings (SSSR count). The zero-order valence-electron chi connectivity index (χ0n) is 15.2. The lowest BCUT2D eigenvalue weighted by Crippen LogP contribution is -2.21.